The number of nitrogens with zero attached hydrogens (tertiary/aromatic N) is 2. The second kappa shape index (κ2) is 11.0. The average Bonchev–Trinajstić information content (AvgIpc) is 3.86. The zero-order valence-electron chi connectivity index (χ0n) is 27.6. The number of para-hydroxylation sites is 2. The van der Waals surface area contributed by atoms with E-state index in [2.05, 4.69) is 191 Å². The highest BCUT2D eigenvalue weighted by Gasteiger charge is 2.21. The molecule has 3 heterocycles. The lowest BCUT2D eigenvalue weighted by molar-refractivity contribution is 1.18. The van der Waals surface area contributed by atoms with Gasteiger partial charge in [-0.25, -0.2) is 0 Å². The molecule has 0 radical (unpaired) electrons. The number of thiophene rings is 1. The highest BCUT2D eigenvalue weighted by Crippen LogP contribution is 2.47. The maximum Gasteiger partial charge on any atom is 0.0555 e. The summed E-state index contributed by atoms with van der Waals surface area (Å²) in [7, 11) is 0. The molecule has 0 aliphatic carbocycles. The zero-order chi connectivity index (χ0) is 33.5. The largest absolute Gasteiger partial charge is 0.309 e. The minimum absolute atomic E-state index is 1.17. The molecule has 51 heavy (non-hydrogen) atoms. The summed E-state index contributed by atoms with van der Waals surface area (Å²) in [6.07, 6.45) is 0. The van der Waals surface area contributed by atoms with Crippen molar-refractivity contribution in [1.29, 1.82) is 0 Å². The first kappa shape index (κ1) is 28.4. The van der Waals surface area contributed by atoms with Gasteiger partial charge in [0.2, 0.25) is 0 Å². The van der Waals surface area contributed by atoms with Gasteiger partial charge in [-0.05, 0) is 76.9 Å². The predicted octanol–water partition coefficient (Wildman–Crippen LogP) is 13.6. The minimum atomic E-state index is 1.17. The van der Waals surface area contributed by atoms with Crippen LogP contribution in [-0.2, 0) is 0 Å². The molecule has 0 fully saturated rings. The second-order valence-electron chi connectivity index (χ2n) is 13.3. The standard InChI is InChI=1S/C48H30N2S/c1-3-12-31(13-4-1)33-22-24-35(25-23-33)49-40-20-9-7-18-37(40)45-42(49)28-29-44-47(45)39-26-27-43-46(48(39)51-44)38-19-8-10-21-41(38)50(43)36-17-11-16-34(30-36)32-14-5-2-6-15-32/h1-30H. The van der Waals surface area contributed by atoms with Crippen LogP contribution in [0.1, 0.15) is 0 Å². The van der Waals surface area contributed by atoms with Crippen molar-refractivity contribution >= 4 is 75.1 Å². The van der Waals surface area contributed by atoms with Crippen molar-refractivity contribution in [2.45, 2.75) is 0 Å². The Kier molecular flexibility index (Phi) is 6.16. The van der Waals surface area contributed by atoms with E-state index in [0.29, 0.717) is 0 Å². The van der Waals surface area contributed by atoms with E-state index < -0.39 is 0 Å². The quantitative estimate of drug-likeness (QED) is 0.177. The molecule has 8 aromatic carbocycles. The molecule has 238 valence electrons. The summed E-state index contributed by atoms with van der Waals surface area (Å²) >= 11 is 1.92. The van der Waals surface area contributed by atoms with Crippen molar-refractivity contribution in [2.24, 2.45) is 0 Å². The van der Waals surface area contributed by atoms with Crippen LogP contribution in [0.15, 0.2) is 182 Å². The molecule has 3 heteroatoms. The van der Waals surface area contributed by atoms with Crippen molar-refractivity contribution in [1.82, 2.24) is 9.13 Å². The molecule has 2 nitrogen and oxygen atoms in total. The van der Waals surface area contributed by atoms with E-state index in [9.17, 15) is 0 Å². The van der Waals surface area contributed by atoms with E-state index in [1.54, 1.807) is 0 Å². The average molecular weight is 667 g/mol. The summed E-state index contributed by atoms with van der Waals surface area (Å²) in [5.74, 6) is 0. The van der Waals surface area contributed by atoms with Gasteiger partial charge in [-0.15, -0.1) is 11.3 Å². The first-order valence-electron chi connectivity index (χ1n) is 17.4. The van der Waals surface area contributed by atoms with Crippen molar-refractivity contribution in [3.05, 3.63) is 182 Å². The summed E-state index contributed by atoms with van der Waals surface area (Å²) in [5, 5.41) is 7.87. The Labute approximate surface area is 298 Å². The van der Waals surface area contributed by atoms with E-state index in [1.807, 2.05) is 11.3 Å². The van der Waals surface area contributed by atoms with E-state index in [-0.39, 0.29) is 0 Å². The van der Waals surface area contributed by atoms with Gasteiger partial charge in [0.05, 0.1) is 22.1 Å². The molecule has 0 saturated heterocycles. The smallest absolute Gasteiger partial charge is 0.0555 e. The molecule has 11 rings (SSSR count). The molecule has 0 unspecified atom stereocenters. The molecular formula is C48H30N2S. The van der Waals surface area contributed by atoms with Crippen LogP contribution in [0.5, 0.6) is 0 Å². The normalized spacial score (nSPS) is 11.9. The Morgan fingerprint density at radius 3 is 1.59 bits per heavy atom. The van der Waals surface area contributed by atoms with Crippen LogP contribution in [0, 0.1) is 0 Å². The third kappa shape index (κ3) is 4.22. The van der Waals surface area contributed by atoms with Crippen molar-refractivity contribution in [3.63, 3.8) is 0 Å². The lowest BCUT2D eigenvalue weighted by Gasteiger charge is -2.10. The van der Waals surface area contributed by atoms with Crippen LogP contribution >= 0.6 is 11.3 Å². The predicted molar refractivity (Wildman–Crippen MR) is 219 cm³/mol. The summed E-state index contributed by atoms with van der Waals surface area (Å²) < 4.78 is 7.54. The molecule has 0 saturated carbocycles. The maximum atomic E-state index is 2.45. The van der Waals surface area contributed by atoms with Crippen LogP contribution in [0.3, 0.4) is 0 Å². The number of hydrogen-bond donors (Lipinski definition) is 0. The lowest BCUT2D eigenvalue weighted by Crippen LogP contribution is -1.94. The molecule has 0 amide bonds. The van der Waals surface area contributed by atoms with Crippen molar-refractivity contribution in [2.75, 3.05) is 0 Å². The first-order valence-corrected chi connectivity index (χ1v) is 18.3. The van der Waals surface area contributed by atoms with Gasteiger partial charge in [-0.1, -0.05) is 127 Å². The molecule has 0 spiro atoms. The summed E-state index contributed by atoms with van der Waals surface area (Å²) in [6.45, 7) is 0. The number of hydrogen-bond acceptors (Lipinski definition) is 1. The molecular weight excluding hydrogens is 637 g/mol. The van der Waals surface area contributed by atoms with Gasteiger partial charge < -0.3 is 9.13 Å². The third-order valence-corrected chi connectivity index (χ3v) is 11.7. The van der Waals surface area contributed by atoms with Gasteiger partial charge in [-0.3, -0.25) is 0 Å². The second-order valence-corrected chi connectivity index (χ2v) is 14.4. The highest BCUT2D eigenvalue weighted by atomic mass is 32.1. The van der Waals surface area contributed by atoms with Gasteiger partial charge in [-0.2, -0.15) is 0 Å². The van der Waals surface area contributed by atoms with E-state index >= 15 is 0 Å². The Morgan fingerprint density at radius 2 is 0.863 bits per heavy atom. The highest BCUT2D eigenvalue weighted by molar-refractivity contribution is 7.27. The zero-order valence-corrected chi connectivity index (χ0v) is 28.4. The van der Waals surface area contributed by atoms with Gasteiger partial charge in [0.15, 0.2) is 0 Å². The van der Waals surface area contributed by atoms with Crippen LogP contribution in [0.2, 0.25) is 0 Å². The Hall–Kier alpha value is -6.42. The van der Waals surface area contributed by atoms with Crippen LogP contribution in [0.4, 0.5) is 0 Å². The van der Waals surface area contributed by atoms with E-state index in [0.717, 1.165) is 0 Å². The Bertz CT molecular complexity index is 3110. The third-order valence-electron chi connectivity index (χ3n) is 10.5. The number of rotatable bonds is 4. The lowest BCUT2D eigenvalue weighted by atomic mass is 10.0. The first-order chi connectivity index (χ1) is 25.3. The topological polar surface area (TPSA) is 9.86 Å². The van der Waals surface area contributed by atoms with E-state index in [4.69, 9.17) is 0 Å². The van der Waals surface area contributed by atoms with Gasteiger partial charge in [0, 0.05) is 53.1 Å². The van der Waals surface area contributed by atoms with Crippen LogP contribution in [-0.4, -0.2) is 9.13 Å². The molecule has 0 aliphatic rings. The van der Waals surface area contributed by atoms with E-state index in [1.165, 1.54) is 97.4 Å². The Balaban J connectivity index is 1.17. The van der Waals surface area contributed by atoms with Gasteiger partial charge in [0.25, 0.3) is 0 Å². The monoisotopic (exact) mass is 666 g/mol. The van der Waals surface area contributed by atoms with Crippen molar-refractivity contribution < 1.29 is 0 Å². The van der Waals surface area contributed by atoms with Gasteiger partial charge in [0.1, 0.15) is 0 Å². The fourth-order valence-electron chi connectivity index (χ4n) is 8.28. The molecule has 3 aromatic heterocycles. The Morgan fingerprint density at radius 1 is 0.314 bits per heavy atom. The fourth-order valence-corrected chi connectivity index (χ4v) is 9.55. The van der Waals surface area contributed by atoms with Gasteiger partial charge >= 0.3 is 0 Å². The number of fused-ring (bicyclic) bond motifs is 11. The van der Waals surface area contributed by atoms with Crippen LogP contribution < -0.4 is 0 Å². The maximum absolute atomic E-state index is 2.45. The SMILES string of the molecule is c1ccc(-c2ccc(-n3c4ccccc4c4c5c(ccc43)sc3c5ccc4c3c3ccccc3n4-c3cccc(-c4ccccc4)c3)cc2)cc1. The summed E-state index contributed by atoms with van der Waals surface area (Å²) in [5.41, 5.74) is 12.2. The summed E-state index contributed by atoms with van der Waals surface area (Å²) in [4.78, 5) is 0. The minimum Gasteiger partial charge on any atom is -0.309 e. The van der Waals surface area contributed by atoms with Crippen LogP contribution in [0.25, 0.3) is 97.4 Å². The molecule has 0 aliphatic heterocycles. The molecule has 0 atom stereocenters. The fraction of sp³-hybridized carbons (Fsp3) is 0. The number of benzene rings is 8. The van der Waals surface area contributed by atoms with Crippen molar-refractivity contribution in [3.8, 4) is 33.6 Å². The molecule has 0 bridgehead atoms. The molecule has 11 aromatic rings. The molecule has 0 N–H and O–H groups in total. The summed E-state index contributed by atoms with van der Waals surface area (Å²) in [6, 6.07) is 66.4. The number of aromatic nitrogens is 2.